The maximum Gasteiger partial charge on any atom is 0.391 e. The molecule has 0 bridgehead atoms. The smallest absolute Gasteiger partial charge is 0.391 e. The quantitative estimate of drug-likeness (QED) is 0.867. The van der Waals surface area contributed by atoms with Crippen LogP contribution in [-0.2, 0) is 4.79 Å². The number of carboxylic acids is 1. The number of halogens is 3. The molecule has 0 radical (unpaired) electrons. The molecule has 0 spiro atoms. The zero-order chi connectivity index (χ0) is 15.8. The van der Waals surface area contributed by atoms with E-state index in [0.29, 0.717) is 25.9 Å². The molecule has 6 heteroatoms. The molecule has 2 rings (SSSR count). The van der Waals surface area contributed by atoms with Gasteiger partial charge in [0.2, 0.25) is 0 Å². The Morgan fingerprint density at radius 2 is 2.00 bits per heavy atom. The van der Waals surface area contributed by atoms with Gasteiger partial charge in [-0.1, -0.05) is 20.3 Å². The fourth-order valence-electron chi connectivity index (χ4n) is 3.86. The molecule has 2 fully saturated rings. The zero-order valence-corrected chi connectivity index (χ0v) is 12.6. The molecule has 2 aliphatic rings. The Hall–Kier alpha value is -0.780. The van der Waals surface area contributed by atoms with Crippen molar-refractivity contribution in [3.8, 4) is 0 Å². The van der Waals surface area contributed by atoms with Crippen LogP contribution in [0.4, 0.5) is 13.2 Å². The molecule has 1 aliphatic heterocycles. The summed E-state index contributed by atoms with van der Waals surface area (Å²) in [5.74, 6) is -2.06. The van der Waals surface area contributed by atoms with Crippen LogP contribution < -0.4 is 0 Å². The lowest BCUT2D eigenvalue weighted by molar-refractivity contribution is -0.186. The maximum atomic E-state index is 12.9. The van der Waals surface area contributed by atoms with Crippen LogP contribution in [0.3, 0.4) is 0 Å². The Kier molecular flexibility index (Phi) is 4.57. The minimum absolute atomic E-state index is 0.0120. The van der Waals surface area contributed by atoms with E-state index in [1.807, 2.05) is 18.7 Å². The first-order valence-corrected chi connectivity index (χ1v) is 7.71. The molecule has 0 aromatic heterocycles. The molecule has 1 saturated carbocycles. The Morgan fingerprint density at radius 3 is 2.48 bits per heavy atom. The number of hydrogen-bond acceptors (Lipinski definition) is 2. The summed E-state index contributed by atoms with van der Waals surface area (Å²) in [4.78, 5) is 13.6. The van der Waals surface area contributed by atoms with Crippen molar-refractivity contribution in [2.24, 2.45) is 17.3 Å². The van der Waals surface area contributed by atoms with E-state index in [1.165, 1.54) is 0 Å². The lowest BCUT2D eigenvalue weighted by Crippen LogP contribution is -2.44. The van der Waals surface area contributed by atoms with Gasteiger partial charge in [-0.2, -0.15) is 13.2 Å². The fraction of sp³-hybridized carbons (Fsp3) is 0.933. The highest BCUT2D eigenvalue weighted by Crippen LogP contribution is 2.43. The summed E-state index contributed by atoms with van der Waals surface area (Å²) in [6, 6.07) is -0.120. The first-order valence-electron chi connectivity index (χ1n) is 7.71. The van der Waals surface area contributed by atoms with E-state index in [4.69, 9.17) is 0 Å². The van der Waals surface area contributed by atoms with E-state index in [1.54, 1.807) is 0 Å². The van der Waals surface area contributed by atoms with Gasteiger partial charge in [-0.15, -0.1) is 0 Å². The van der Waals surface area contributed by atoms with Crippen molar-refractivity contribution in [3.63, 3.8) is 0 Å². The molecule has 1 N–H and O–H groups in total. The average Bonchev–Trinajstić information content (AvgIpc) is 2.84. The van der Waals surface area contributed by atoms with Gasteiger partial charge in [0.15, 0.2) is 0 Å². The van der Waals surface area contributed by atoms with E-state index in [9.17, 15) is 23.1 Å². The topological polar surface area (TPSA) is 40.5 Å². The minimum atomic E-state index is -4.12. The molecule has 0 amide bonds. The lowest BCUT2D eigenvalue weighted by atomic mass is 9.76. The third kappa shape index (κ3) is 3.20. The highest BCUT2D eigenvalue weighted by atomic mass is 19.4. The summed E-state index contributed by atoms with van der Waals surface area (Å²) in [5, 5.41) is 9.52. The first-order chi connectivity index (χ1) is 9.67. The SMILES string of the molecule is CC(C)C1(C(=O)O)CCN(C2CCCC(C(F)(F)F)C2)C1. The van der Waals surface area contributed by atoms with E-state index >= 15 is 0 Å². The van der Waals surface area contributed by atoms with Gasteiger partial charge < -0.3 is 5.11 Å². The monoisotopic (exact) mass is 307 g/mol. The van der Waals surface area contributed by atoms with Crippen LogP contribution in [0.1, 0.15) is 46.0 Å². The number of likely N-dealkylation sites (tertiary alicyclic amines) is 1. The second kappa shape index (κ2) is 5.78. The van der Waals surface area contributed by atoms with Crippen molar-refractivity contribution in [2.75, 3.05) is 13.1 Å². The Labute approximate surface area is 123 Å². The van der Waals surface area contributed by atoms with E-state index < -0.39 is 23.5 Å². The molecular weight excluding hydrogens is 283 g/mol. The average molecular weight is 307 g/mol. The molecular formula is C15H24F3NO2. The van der Waals surface area contributed by atoms with Crippen LogP contribution in [0.15, 0.2) is 0 Å². The molecule has 21 heavy (non-hydrogen) atoms. The van der Waals surface area contributed by atoms with Crippen molar-refractivity contribution in [1.29, 1.82) is 0 Å². The fourth-order valence-corrected chi connectivity index (χ4v) is 3.86. The van der Waals surface area contributed by atoms with Gasteiger partial charge in [0.1, 0.15) is 0 Å². The zero-order valence-electron chi connectivity index (χ0n) is 12.6. The van der Waals surface area contributed by atoms with Gasteiger partial charge in [0.05, 0.1) is 11.3 Å². The van der Waals surface area contributed by atoms with Gasteiger partial charge >= 0.3 is 12.1 Å². The summed E-state index contributed by atoms with van der Waals surface area (Å²) in [7, 11) is 0. The third-order valence-corrected chi connectivity index (χ3v) is 5.49. The normalized spacial score (nSPS) is 35.3. The van der Waals surface area contributed by atoms with Crippen LogP contribution in [0.5, 0.6) is 0 Å². The first kappa shape index (κ1) is 16.6. The summed E-state index contributed by atoms with van der Waals surface area (Å²) >= 11 is 0. The number of nitrogens with zero attached hydrogens (tertiary/aromatic N) is 1. The summed E-state index contributed by atoms with van der Waals surface area (Å²) < 4.78 is 38.7. The second-order valence-electron chi connectivity index (χ2n) is 6.90. The van der Waals surface area contributed by atoms with Crippen molar-refractivity contribution >= 4 is 5.97 Å². The maximum absolute atomic E-state index is 12.9. The highest BCUT2D eigenvalue weighted by molar-refractivity contribution is 5.75. The van der Waals surface area contributed by atoms with Crippen molar-refractivity contribution < 1.29 is 23.1 Å². The Morgan fingerprint density at radius 1 is 1.33 bits per heavy atom. The predicted molar refractivity (Wildman–Crippen MR) is 72.9 cm³/mol. The highest BCUT2D eigenvalue weighted by Gasteiger charge is 2.50. The van der Waals surface area contributed by atoms with E-state index in [0.717, 1.165) is 6.42 Å². The molecule has 1 saturated heterocycles. The van der Waals surface area contributed by atoms with Gasteiger partial charge in [-0.05, 0) is 38.1 Å². The van der Waals surface area contributed by atoms with E-state index in [2.05, 4.69) is 0 Å². The summed E-state index contributed by atoms with van der Waals surface area (Å²) in [6.07, 6.45) is -1.93. The largest absolute Gasteiger partial charge is 0.481 e. The molecule has 1 heterocycles. The second-order valence-corrected chi connectivity index (χ2v) is 6.90. The van der Waals surface area contributed by atoms with Crippen LogP contribution >= 0.6 is 0 Å². The third-order valence-electron chi connectivity index (χ3n) is 5.49. The number of rotatable bonds is 3. The molecule has 0 aromatic rings. The molecule has 0 aromatic carbocycles. The van der Waals surface area contributed by atoms with Crippen LogP contribution in [0.2, 0.25) is 0 Å². The van der Waals surface area contributed by atoms with Gasteiger partial charge in [-0.3, -0.25) is 9.69 Å². The van der Waals surface area contributed by atoms with Gasteiger partial charge in [-0.25, -0.2) is 0 Å². The van der Waals surface area contributed by atoms with Crippen LogP contribution in [0.25, 0.3) is 0 Å². The number of hydrogen-bond donors (Lipinski definition) is 1. The molecule has 3 nitrogen and oxygen atoms in total. The summed E-state index contributed by atoms with van der Waals surface area (Å²) in [5.41, 5.74) is -0.800. The number of carboxylic acid groups (broad SMARTS) is 1. The predicted octanol–water partition coefficient (Wildman–Crippen LogP) is 3.54. The van der Waals surface area contributed by atoms with Crippen LogP contribution in [-0.4, -0.2) is 41.3 Å². The molecule has 122 valence electrons. The van der Waals surface area contributed by atoms with Crippen molar-refractivity contribution in [1.82, 2.24) is 4.90 Å². The van der Waals surface area contributed by atoms with E-state index in [-0.39, 0.29) is 24.8 Å². The van der Waals surface area contributed by atoms with Crippen molar-refractivity contribution in [2.45, 2.75) is 58.2 Å². The standard InChI is InChI=1S/C15H24F3NO2/c1-10(2)14(13(20)21)6-7-19(9-14)12-5-3-4-11(8-12)15(16,17)18/h10-12H,3-9H2,1-2H3,(H,20,21). The molecule has 3 atom stereocenters. The summed E-state index contributed by atoms with van der Waals surface area (Å²) in [6.45, 7) is 4.75. The minimum Gasteiger partial charge on any atom is -0.481 e. The number of aliphatic carboxylic acids is 1. The van der Waals surface area contributed by atoms with Crippen LogP contribution in [0, 0.1) is 17.3 Å². The molecule has 3 unspecified atom stereocenters. The van der Waals surface area contributed by atoms with Crippen molar-refractivity contribution in [3.05, 3.63) is 0 Å². The number of carbonyl (C=O) groups is 1. The Balaban J connectivity index is 2.05. The lowest BCUT2D eigenvalue weighted by Gasteiger charge is -2.37. The Bertz CT molecular complexity index is 397. The number of alkyl halides is 3. The molecule has 1 aliphatic carbocycles. The van der Waals surface area contributed by atoms with Gasteiger partial charge in [0.25, 0.3) is 0 Å². The van der Waals surface area contributed by atoms with Gasteiger partial charge in [0, 0.05) is 12.6 Å².